The number of nitrogens with zero attached hydrogens (tertiary/aromatic N) is 5. The molecular formula is C34H39ClF2N6O6. The van der Waals surface area contributed by atoms with Crippen LogP contribution in [-0.4, -0.2) is 100 Å². The Kier molecular flexibility index (Phi) is 10.5. The van der Waals surface area contributed by atoms with Crippen LogP contribution in [0.25, 0.3) is 11.3 Å². The molecule has 262 valence electrons. The number of anilines is 1. The third-order valence-electron chi connectivity index (χ3n) is 8.57. The van der Waals surface area contributed by atoms with Gasteiger partial charge in [0.2, 0.25) is 11.7 Å². The van der Waals surface area contributed by atoms with Gasteiger partial charge in [-0.3, -0.25) is 14.4 Å². The summed E-state index contributed by atoms with van der Waals surface area (Å²) >= 11 is 6.49. The standard InChI is InChI=1S/C34H39ClF2N6O6/c1-34(2,3)49-33(47)43-12-10-20(11-13-43)31(45)41-14-16-42(17-15-41)32(46)22-7-6-21(18-24(22)35)39-30(44)29-38-19-25(40(29)4)23-8-9-26(48-5)28(37)27(23)36/h6-9,18-20H,10-17H2,1-5H3,(H,39,44). The molecule has 0 atom stereocenters. The molecule has 15 heteroatoms. The van der Waals surface area contributed by atoms with Gasteiger partial charge in [-0.2, -0.15) is 4.39 Å². The number of halogens is 3. The fourth-order valence-electron chi connectivity index (χ4n) is 5.91. The minimum atomic E-state index is -1.15. The number of nitrogens with one attached hydrogen (secondary N) is 1. The molecule has 1 N–H and O–H groups in total. The second kappa shape index (κ2) is 14.4. The van der Waals surface area contributed by atoms with E-state index in [0.717, 1.165) is 0 Å². The summed E-state index contributed by atoms with van der Waals surface area (Å²) in [6.45, 7) is 7.76. The molecule has 0 aliphatic carbocycles. The number of benzene rings is 2. The van der Waals surface area contributed by atoms with Gasteiger partial charge in [-0.05, 0) is 63.9 Å². The Balaban J connectivity index is 1.15. The molecule has 1 aromatic heterocycles. The van der Waals surface area contributed by atoms with Crippen molar-refractivity contribution in [3.8, 4) is 17.0 Å². The highest BCUT2D eigenvalue weighted by molar-refractivity contribution is 6.34. The van der Waals surface area contributed by atoms with Crippen LogP contribution in [0.4, 0.5) is 19.3 Å². The zero-order chi connectivity index (χ0) is 35.6. The van der Waals surface area contributed by atoms with Crippen molar-refractivity contribution in [2.45, 2.75) is 39.2 Å². The van der Waals surface area contributed by atoms with Gasteiger partial charge >= 0.3 is 6.09 Å². The lowest BCUT2D eigenvalue weighted by Gasteiger charge is -2.38. The summed E-state index contributed by atoms with van der Waals surface area (Å²) in [6, 6.07) is 7.10. The van der Waals surface area contributed by atoms with Crippen molar-refractivity contribution in [2.24, 2.45) is 13.0 Å². The predicted molar refractivity (Wildman–Crippen MR) is 178 cm³/mol. The highest BCUT2D eigenvalue weighted by Crippen LogP contribution is 2.31. The minimum Gasteiger partial charge on any atom is -0.494 e. The number of amides is 4. The van der Waals surface area contributed by atoms with Gasteiger partial charge in [0.25, 0.3) is 11.8 Å². The van der Waals surface area contributed by atoms with E-state index in [1.54, 1.807) is 14.7 Å². The summed E-state index contributed by atoms with van der Waals surface area (Å²) < 4.78 is 40.6. The number of piperidine rings is 1. The van der Waals surface area contributed by atoms with Crippen LogP contribution in [-0.2, 0) is 16.6 Å². The molecule has 49 heavy (non-hydrogen) atoms. The third kappa shape index (κ3) is 7.79. The van der Waals surface area contributed by atoms with Crippen LogP contribution in [0.2, 0.25) is 5.02 Å². The zero-order valence-corrected chi connectivity index (χ0v) is 28.8. The quantitative estimate of drug-likeness (QED) is 0.374. The van der Waals surface area contributed by atoms with Gasteiger partial charge in [-0.1, -0.05) is 11.6 Å². The van der Waals surface area contributed by atoms with E-state index in [1.807, 2.05) is 20.8 Å². The topological polar surface area (TPSA) is 126 Å². The van der Waals surface area contributed by atoms with E-state index >= 15 is 0 Å². The highest BCUT2D eigenvalue weighted by atomic mass is 35.5. The minimum absolute atomic E-state index is 0.0233. The van der Waals surface area contributed by atoms with E-state index in [4.69, 9.17) is 21.1 Å². The number of carbonyl (C=O) groups excluding carboxylic acids is 4. The molecule has 0 saturated carbocycles. The first kappa shape index (κ1) is 35.6. The molecule has 0 radical (unpaired) electrons. The SMILES string of the molecule is COc1ccc(-c2cnc(C(=O)Nc3ccc(C(=O)N4CCN(C(=O)C5CCN(C(=O)OC(C)(C)C)CC5)CC4)c(Cl)c3)n2C)c(F)c1F. The van der Waals surface area contributed by atoms with Crippen molar-refractivity contribution in [1.82, 2.24) is 24.3 Å². The molecule has 0 bridgehead atoms. The molecule has 2 fully saturated rings. The van der Waals surface area contributed by atoms with E-state index in [0.29, 0.717) is 57.8 Å². The van der Waals surface area contributed by atoms with Gasteiger partial charge in [-0.25, -0.2) is 14.2 Å². The van der Waals surface area contributed by atoms with Gasteiger partial charge in [-0.15, -0.1) is 0 Å². The maximum Gasteiger partial charge on any atom is 0.410 e. The number of piperazine rings is 1. The van der Waals surface area contributed by atoms with Crippen molar-refractivity contribution in [1.29, 1.82) is 0 Å². The third-order valence-corrected chi connectivity index (χ3v) is 8.88. The first-order valence-electron chi connectivity index (χ1n) is 15.9. The first-order chi connectivity index (χ1) is 23.2. The number of hydrogen-bond acceptors (Lipinski definition) is 7. The average Bonchev–Trinajstić information content (AvgIpc) is 3.45. The number of ether oxygens (including phenoxy) is 2. The Morgan fingerprint density at radius 3 is 2.18 bits per heavy atom. The summed E-state index contributed by atoms with van der Waals surface area (Å²) in [5, 5.41) is 2.79. The molecule has 0 unspecified atom stereocenters. The lowest BCUT2D eigenvalue weighted by molar-refractivity contribution is -0.138. The molecule has 2 aliphatic rings. The molecule has 12 nitrogen and oxygen atoms in total. The van der Waals surface area contributed by atoms with Gasteiger partial charge in [0.1, 0.15) is 5.60 Å². The molecule has 2 aromatic carbocycles. The van der Waals surface area contributed by atoms with Crippen LogP contribution < -0.4 is 10.1 Å². The number of methoxy groups -OCH3 is 1. The molecule has 2 saturated heterocycles. The van der Waals surface area contributed by atoms with Crippen LogP contribution in [0.15, 0.2) is 36.5 Å². The molecule has 2 aliphatic heterocycles. The summed E-state index contributed by atoms with van der Waals surface area (Å²) in [5.74, 6) is -3.70. The number of carbonyl (C=O) groups is 4. The average molecular weight is 701 g/mol. The zero-order valence-electron chi connectivity index (χ0n) is 28.0. The second-order valence-corrected chi connectivity index (χ2v) is 13.4. The van der Waals surface area contributed by atoms with E-state index in [1.165, 1.54) is 55.3 Å². The van der Waals surface area contributed by atoms with Crippen LogP contribution in [0, 0.1) is 17.6 Å². The molecule has 0 spiro atoms. The summed E-state index contributed by atoms with van der Waals surface area (Å²) in [6.07, 6.45) is 2.00. The molecule has 3 heterocycles. The van der Waals surface area contributed by atoms with Crippen molar-refractivity contribution < 1.29 is 37.4 Å². The normalized spacial score (nSPS) is 15.6. The fourth-order valence-corrected chi connectivity index (χ4v) is 6.17. The maximum absolute atomic E-state index is 14.7. The van der Waals surface area contributed by atoms with Crippen LogP contribution in [0.3, 0.4) is 0 Å². The summed E-state index contributed by atoms with van der Waals surface area (Å²) in [4.78, 5) is 61.1. The van der Waals surface area contributed by atoms with Gasteiger partial charge in [0.05, 0.1) is 29.6 Å². The lowest BCUT2D eigenvalue weighted by Crippen LogP contribution is -2.53. The Hall–Kier alpha value is -4.72. The summed E-state index contributed by atoms with van der Waals surface area (Å²) in [5.41, 5.74) is 0.0372. The Labute approximate surface area is 287 Å². The van der Waals surface area contributed by atoms with E-state index in [-0.39, 0.29) is 57.2 Å². The Bertz CT molecular complexity index is 1760. The summed E-state index contributed by atoms with van der Waals surface area (Å²) in [7, 11) is 2.73. The number of hydrogen-bond donors (Lipinski definition) is 1. The van der Waals surface area contributed by atoms with E-state index < -0.39 is 23.1 Å². The molecule has 5 rings (SSSR count). The van der Waals surface area contributed by atoms with Gasteiger partial charge in [0, 0.05) is 63.5 Å². The number of rotatable bonds is 6. The highest BCUT2D eigenvalue weighted by Gasteiger charge is 2.34. The Morgan fingerprint density at radius 2 is 1.57 bits per heavy atom. The maximum atomic E-state index is 14.7. The monoisotopic (exact) mass is 700 g/mol. The predicted octanol–water partition coefficient (Wildman–Crippen LogP) is 5.21. The van der Waals surface area contributed by atoms with Crippen molar-refractivity contribution in [2.75, 3.05) is 51.7 Å². The van der Waals surface area contributed by atoms with Crippen molar-refractivity contribution in [3.63, 3.8) is 0 Å². The molecular weight excluding hydrogens is 662 g/mol. The molecule has 4 amide bonds. The van der Waals surface area contributed by atoms with Gasteiger partial charge in [0.15, 0.2) is 17.4 Å². The second-order valence-electron chi connectivity index (χ2n) is 13.0. The van der Waals surface area contributed by atoms with E-state index in [9.17, 15) is 28.0 Å². The molecule has 3 aromatic rings. The van der Waals surface area contributed by atoms with Crippen LogP contribution >= 0.6 is 11.6 Å². The van der Waals surface area contributed by atoms with Gasteiger partial charge < -0.3 is 34.1 Å². The number of likely N-dealkylation sites (tertiary alicyclic amines) is 1. The first-order valence-corrected chi connectivity index (χ1v) is 16.3. The van der Waals surface area contributed by atoms with Crippen LogP contribution in [0.5, 0.6) is 5.75 Å². The number of imidazole rings is 1. The fraction of sp³-hybridized carbons (Fsp3) is 0.441. The van der Waals surface area contributed by atoms with Crippen molar-refractivity contribution in [3.05, 3.63) is 64.6 Å². The van der Waals surface area contributed by atoms with E-state index in [2.05, 4.69) is 10.3 Å². The Morgan fingerprint density at radius 1 is 0.918 bits per heavy atom. The van der Waals surface area contributed by atoms with Crippen molar-refractivity contribution >= 4 is 41.1 Å². The van der Waals surface area contributed by atoms with Crippen LogP contribution in [0.1, 0.15) is 54.6 Å². The number of aromatic nitrogens is 2. The smallest absolute Gasteiger partial charge is 0.410 e. The lowest BCUT2D eigenvalue weighted by atomic mass is 9.95. The largest absolute Gasteiger partial charge is 0.494 e.